The molecule has 2 aromatic rings. The molecule has 0 bridgehead atoms. The number of nitrogens with zero attached hydrogens (tertiary/aromatic N) is 1. The summed E-state index contributed by atoms with van der Waals surface area (Å²) in [5.74, 6) is 0.347. The van der Waals surface area contributed by atoms with Crippen LogP contribution >= 0.6 is 11.3 Å². The number of aromatic nitrogens is 1. The minimum Gasteiger partial charge on any atom is -0.496 e. The first kappa shape index (κ1) is 16.5. The lowest BCUT2D eigenvalue weighted by Gasteiger charge is -2.12. The first-order chi connectivity index (χ1) is 10.5. The number of hydrogen-bond acceptors (Lipinski definition) is 4. The maximum atomic E-state index is 11.3. The predicted octanol–water partition coefficient (Wildman–Crippen LogP) is 4.13. The van der Waals surface area contributed by atoms with Gasteiger partial charge in [0.1, 0.15) is 10.6 Å². The number of hydrogen-bond donors (Lipinski definition) is 1. The Labute approximate surface area is 134 Å². The van der Waals surface area contributed by atoms with Crippen molar-refractivity contribution in [3.05, 3.63) is 44.9 Å². The van der Waals surface area contributed by atoms with Crippen LogP contribution in [0.4, 0.5) is 0 Å². The van der Waals surface area contributed by atoms with Gasteiger partial charge in [0.2, 0.25) is 0 Å². The summed E-state index contributed by atoms with van der Waals surface area (Å²) < 4.78 is 5.42. The molecule has 0 aliphatic rings. The van der Waals surface area contributed by atoms with E-state index in [0.717, 1.165) is 16.3 Å². The second kappa shape index (κ2) is 6.92. The highest BCUT2D eigenvalue weighted by Crippen LogP contribution is 2.28. The standard InChI is InChI=1S/C17H21NO3S/c1-5-13-16(17(19)20)22-15(18-13)9-12-8-11(10(2)3)6-7-14(12)21-4/h6-8,10H,5,9H2,1-4H3,(H,19,20). The lowest BCUT2D eigenvalue weighted by atomic mass is 9.99. The highest BCUT2D eigenvalue weighted by molar-refractivity contribution is 7.13. The van der Waals surface area contributed by atoms with Crippen LogP contribution in [-0.2, 0) is 12.8 Å². The molecule has 1 N–H and O–H groups in total. The van der Waals surface area contributed by atoms with Gasteiger partial charge in [-0.3, -0.25) is 0 Å². The van der Waals surface area contributed by atoms with E-state index in [1.54, 1.807) is 7.11 Å². The van der Waals surface area contributed by atoms with Gasteiger partial charge in [0.25, 0.3) is 0 Å². The monoisotopic (exact) mass is 319 g/mol. The van der Waals surface area contributed by atoms with Crippen LogP contribution in [0.3, 0.4) is 0 Å². The molecule has 0 saturated heterocycles. The SMILES string of the molecule is CCc1nc(Cc2cc(C(C)C)ccc2OC)sc1C(=O)O. The third-order valence-corrected chi connectivity index (χ3v) is 4.67. The van der Waals surface area contributed by atoms with Crippen molar-refractivity contribution in [1.82, 2.24) is 4.98 Å². The van der Waals surface area contributed by atoms with E-state index in [-0.39, 0.29) is 0 Å². The van der Waals surface area contributed by atoms with Crippen molar-refractivity contribution >= 4 is 17.3 Å². The molecule has 5 heteroatoms. The van der Waals surface area contributed by atoms with Gasteiger partial charge in [-0.25, -0.2) is 9.78 Å². The number of aryl methyl sites for hydroxylation is 1. The fraction of sp³-hybridized carbons (Fsp3) is 0.412. The quantitative estimate of drug-likeness (QED) is 0.870. The van der Waals surface area contributed by atoms with E-state index in [2.05, 4.69) is 31.0 Å². The van der Waals surface area contributed by atoms with Gasteiger partial charge >= 0.3 is 5.97 Å². The molecule has 118 valence electrons. The molecule has 4 nitrogen and oxygen atoms in total. The summed E-state index contributed by atoms with van der Waals surface area (Å²) in [5.41, 5.74) is 2.94. The topological polar surface area (TPSA) is 59.4 Å². The van der Waals surface area contributed by atoms with Crippen LogP contribution in [0.1, 0.15) is 58.2 Å². The summed E-state index contributed by atoms with van der Waals surface area (Å²) in [7, 11) is 1.65. The number of methoxy groups -OCH3 is 1. The number of carboxylic acid groups (broad SMARTS) is 1. The number of thiazole rings is 1. The van der Waals surface area contributed by atoms with Crippen molar-refractivity contribution in [2.75, 3.05) is 7.11 Å². The Bertz CT molecular complexity index is 677. The molecule has 0 aliphatic carbocycles. The number of benzene rings is 1. The Morgan fingerprint density at radius 3 is 2.64 bits per heavy atom. The third-order valence-electron chi connectivity index (χ3n) is 3.58. The molecule has 1 aromatic heterocycles. The van der Waals surface area contributed by atoms with E-state index in [4.69, 9.17) is 4.74 Å². The van der Waals surface area contributed by atoms with Gasteiger partial charge in [-0.15, -0.1) is 11.3 Å². The van der Waals surface area contributed by atoms with Crippen molar-refractivity contribution in [1.29, 1.82) is 0 Å². The van der Waals surface area contributed by atoms with E-state index >= 15 is 0 Å². The molecule has 2 rings (SSSR count). The summed E-state index contributed by atoms with van der Waals surface area (Å²) in [6, 6.07) is 6.16. The molecular weight excluding hydrogens is 298 g/mol. The Morgan fingerprint density at radius 2 is 2.14 bits per heavy atom. The zero-order valence-corrected chi connectivity index (χ0v) is 14.2. The number of ether oxygens (including phenoxy) is 1. The van der Waals surface area contributed by atoms with Crippen molar-refractivity contribution in [2.24, 2.45) is 0 Å². The van der Waals surface area contributed by atoms with Crippen molar-refractivity contribution in [3.8, 4) is 5.75 Å². The van der Waals surface area contributed by atoms with Crippen molar-refractivity contribution in [3.63, 3.8) is 0 Å². The van der Waals surface area contributed by atoms with Gasteiger partial charge in [-0.2, -0.15) is 0 Å². The van der Waals surface area contributed by atoms with E-state index in [9.17, 15) is 9.90 Å². The van der Waals surface area contributed by atoms with Gasteiger partial charge < -0.3 is 9.84 Å². The van der Waals surface area contributed by atoms with Crippen LogP contribution in [0.25, 0.3) is 0 Å². The van der Waals surface area contributed by atoms with E-state index in [1.165, 1.54) is 16.9 Å². The average molecular weight is 319 g/mol. The molecule has 0 fully saturated rings. The first-order valence-electron chi connectivity index (χ1n) is 7.34. The summed E-state index contributed by atoms with van der Waals surface area (Å²) in [4.78, 5) is 16.1. The predicted molar refractivity (Wildman–Crippen MR) is 88.3 cm³/mol. The van der Waals surface area contributed by atoms with Crippen LogP contribution in [0.5, 0.6) is 5.75 Å². The largest absolute Gasteiger partial charge is 0.496 e. The number of carboxylic acids is 1. The normalized spacial score (nSPS) is 11.0. The zero-order valence-electron chi connectivity index (χ0n) is 13.3. The number of carbonyl (C=O) groups is 1. The molecule has 0 aliphatic heterocycles. The van der Waals surface area contributed by atoms with Gasteiger partial charge in [0, 0.05) is 12.0 Å². The molecule has 22 heavy (non-hydrogen) atoms. The third kappa shape index (κ3) is 3.47. The second-order valence-electron chi connectivity index (χ2n) is 5.44. The van der Waals surface area contributed by atoms with Crippen LogP contribution in [-0.4, -0.2) is 23.2 Å². The minimum absolute atomic E-state index is 0.344. The van der Waals surface area contributed by atoms with Gasteiger partial charge in [0.15, 0.2) is 0 Å². The molecule has 0 amide bonds. The molecule has 0 atom stereocenters. The maximum Gasteiger partial charge on any atom is 0.347 e. The fourth-order valence-corrected chi connectivity index (χ4v) is 3.36. The van der Waals surface area contributed by atoms with Crippen LogP contribution < -0.4 is 4.74 Å². The number of aromatic carboxylic acids is 1. The van der Waals surface area contributed by atoms with Crippen LogP contribution in [0, 0.1) is 0 Å². The molecule has 0 unspecified atom stereocenters. The highest BCUT2D eigenvalue weighted by atomic mass is 32.1. The molecular formula is C17H21NO3S. The summed E-state index contributed by atoms with van der Waals surface area (Å²) in [6.07, 6.45) is 1.22. The summed E-state index contributed by atoms with van der Waals surface area (Å²) in [6.45, 7) is 6.21. The van der Waals surface area contributed by atoms with Crippen LogP contribution in [0.2, 0.25) is 0 Å². The summed E-state index contributed by atoms with van der Waals surface area (Å²) in [5, 5.41) is 10.1. The first-order valence-corrected chi connectivity index (χ1v) is 8.16. The fourth-order valence-electron chi connectivity index (χ4n) is 2.34. The van der Waals surface area contributed by atoms with E-state index in [0.29, 0.717) is 29.3 Å². The Balaban J connectivity index is 2.37. The molecule has 1 aromatic carbocycles. The molecule has 0 spiro atoms. The minimum atomic E-state index is -0.900. The zero-order chi connectivity index (χ0) is 16.3. The Kier molecular flexibility index (Phi) is 5.19. The highest BCUT2D eigenvalue weighted by Gasteiger charge is 2.17. The Morgan fingerprint density at radius 1 is 1.41 bits per heavy atom. The number of rotatable bonds is 6. The van der Waals surface area contributed by atoms with E-state index in [1.807, 2.05) is 13.0 Å². The second-order valence-corrected chi connectivity index (χ2v) is 6.53. The molecule has 0 saturated carbocycles. The Hall–Kier alpha value is -1.88. The average Bonchev–Trinajstić information content (AvgIpc) is 2.90. The van der Waals surface area contributed by atoms with Gasteiger partial charge in [0.05, 0.1) is 17.8 Å². The molecule has 0 radical (unpaired) electrons. The van der Waals surface area contributed by atoms with Crippen LogP contribution in [0.15, 0.2) is 18.2 Å². The smallest absolute Gasteiger partial charge is 0.347 e. The lowest BCUT2D eigenvalue weighted by molar-refractivity contribution is 0.0701. The maximum absolute atomic E-state index is 11.3. The van der Waals surface area contributed by atoms with Crippen molar-refractivity contribution < 1.29 is 14.6 Å². The van der Waals surface area contributed by atoms with Gasteiger partial charge in [-0.05, 0) is 24.0 Å². The van der Waals surface area contributed by atoms with Crippen molar-refractivity contribution in [2.45, 2.75) is 39.5 Å². The summed E-state index contributed by atoms with van der Waals surface area (Å²) >= 11 is 1.25. The lowest BCUT2D eigenvalue weighted by Crippen LogP contribution is -1.98. The van der Waals surface area contributed by atoms with E-state index < -0.39 is 5.97 Å². The molecule has 1 heterocycles. The van der Waals surface area contributed by atoms with Gasteiger partial charge in [-0.1, -0.05) is 32.9 Å².